The fourth-order valence-electron chi connectivity index (χ4n) is 0.934. The second kappa shape index (κ2) is 2.92. The maximum absolute atomic E-state index is 11.1. The van der Waals surface area contributed by atoms with E-state index in [9.17, 15) is 4.79 Å². The van der Waals surface area contributed by atoms with Gasteiger partial charge in [-0.3, -0.25) is 4.57 Å². The summed E-state index contributed by atoms with van der Waals surface area (Å²) >= 11 is 0. The molecule has 1 rings (SSSR count). The molecule has 0 radical (unpaired) electrons. The Morgan fingerprint density at radius 1 is 1.64 bits per heavy atom. The maximum Gasteiger partial charge on any atom is 0.327 e. The average Bonchev–Trinajstić information content (AvgIpc) is 2.18. The van der Waals surface area contributed by atoms with Gasteiger partial charge in [-0.1, -0.05) is 0 Å². The van der Waals surface area contributed by atoms with Gasteiger partial charge in [0, 0.05) is 19.4 Å². The molecule has 0 amide bonds. The quantitative estimate of drug-likeness (QED) is 0.631. The van der Waals surface area contributed by atoms with E-state index in [1.165, 1.54) is 9.13 Å². The molecule has 0 aliphatic rings. The molecule has 0 fully saturated rings. The van der Waals surface area contributed by atoms with Crippen LogP contribution in [0.3, 0.4) is 0 Å². The number of hydrogen-bond acceptors (Lipinski definition) is 2. The monoisotopic (exact) mass is 156 g/mol. The van der Waals surface area contributed by atoms with E-state index in [0.29, 0.717) is 6.54 Å². The van der Waals surface area contributed by atoms with Crippen LogP contribution in [0, 0.1) is 0 Å². The molecule has 0 aliphatic heterocycles. The largest absolute Gasteiger partial charge is 0.392 e. The Kier molecular flexibility index (Phi) is 2.14. The van der Waals surface area contributed by atoms with Crippen molar-refractivity contribution in [3.8, 4) is 0 Å². The first-order valence-electron chi connectivity index (χ1n) is 3.51. The summed E-state index contributed by atoms with van der Waals surface area (Å²) in [5.41, 5.74) is -0.0918. The molecule has 1 heterocycles. The van der Waals surface area contributed by atoms with E-state index in [4.69, 9.17) is 5.11 Å². The van der Waals surface area contributed by atoms with E-state index in [-0.39, 0.29) is 5.69 Å². The highest BCUT2D eigenvalue weighted by Crippen LogP contribution is 1.86. The van der Waals surface area contributed by atoms with Crippen molar-refractivity contribution >= 4 is 0 Å². The summed E-state index contributed by atoms with van der Waals surface area (Å²) in [7, 11) is 1.68. The van der Waals surface area contributed by atoms with Crippen molar-refractivity contribution < 1.29 is 5.11 Å². The lowest BCUT2D eigenvalue weighted by molar-refractivity contribution is 0.172. The molecule has 4 heteroatoms. The summed E-state index contributed by atoms with van der Waals surface area (Å²) in [6.07, 6.45) is 2.86. The molecule has 0 unspecified atom stereocenters. The fraction of sp³-hybridized carbons (Fsp3) is 0.571. The molecule has 1 aromatic rings. The van der Waals surface area contributed by atoms with Crippen molar-refractivity contribution in [2.75, 3.05) is 0 Å². The zero-order valence-corrected chi connectivity index (χ0v) is 6.69. The van der Waals surface area contributed by atoms with Crippen LogP contribution in [0.5, 0.6) is 0 Å². The average molecular weight is 156 g/mol. The van der Waals surface area contributed by atoms with Crippen molar-refractivity contribution in [2.45, 2.75) is 19.6 Å². The van der Waals surface area contributed by atoms with Crippen LogP contribution < -0.4 is 5.69 Å². The van der Waals surface area contributed by atoms with Crippen LogP contribution in [0.15, 0.2) is 17.2 Å². The van der Waals surface area contributed by atoms with Gasteiger partial charge in [0.25, 0.3) is 0 Å². The zero-order chi connectivity index (χ0) is 8.43. The Hall–Kier alpha value is -1.03. The number of aryl methyl sites for hydroxylation is 1. The van der Waals surface area contributed by atoms with Crippen molar-refractivity contribution in [3.05, 3.63) is 22.9 Å². The third-order valence-corrected chi connectivity index (χ3v) is 1.48. The highest BCUT2D eigenvalue weighted by Gasteiger charge is 2.01. The zero-order valence-electron chi connectivity index (χ0n) is 6.69. The topological polar surface area (TPSA) is 47.2 Å². The van der Waals surface area contributed by atoms with E-state index in [1.54, 1.807) is 26.4 Å². The van der Waals surface area contributed by atoms with Crippen LogP contribution >= 0.6 is 0 Å². The molecule has 62 valence electrons. The third kappa shape index (κ3) is 1.71. The molecular formula is C7H12N2O2. The molecule has 0 saturated carbocycles. The van der Waals surface area contributed by atoms with Crippen LogP contribution in [0.4, 0.5) is 0 Å². The Bertz CT molecular complexity index is 285. The normalized spacial score (nSPS) is 13.4. The van der Waals surface area contributed by atoms with Gasteiger partial charge in [-0.2, -0.15) is 0 Å². The van der Waals surface area contributed by atoms with E-state index in [1.807, 2.05) is 0 Å². The minimum Gasteiger partial charge on any atom is -0.392 e. The lowest BCUT2D eigenvalue weighted by Gasteiger charge is -2.02. The van der Waals surface area contributed by atoms with Crippen LogP contribution in [0.25, 0.3) is 0 Å². The summed E-state index contributed by atoms with van der Waals surface area (Å²) in [6.45, 7) is 2.01. The molecule has 0 saturated heterocycles. The number of aromatic nitrogens is 2. The summed E-state index contributed by atoms with van der Waals surface area (Å²) in [6, 6.07) is 0. The van der Waals surface area contributed by atoms with E-state index in [0.717, 1.165) is 0 Å². The molecule has 1 atom stereocenters. The van der Waals surface area contributed by atoms with Gasteiger partial charge in [-0.25, -0.2) is 4.79 Å². The molecule has 11 heavy (non-hydrogen) atoms. The fourth-order valence-corrected chi connectivity index (χ4v) is 0.934. The van der Waals surface area contributed by atoms with Gasteiger partial charge in [-0.05, 0) is 6.92 Å². The predicted molar refractivity (Wildman–Crippen MR) is 41.4 cm³/mol. The molecule has 0 spiro atoms. The van der Waals surface area contributed by atoms with Crippen molar-refractivity contribution in [2.24, 2.45) is 7.05 Å². The highest BCUT2D eigenvalue weighted by atomic mass is 16.3. The van der Waals surface area contributed by atoms with Crippen LogP contribution in [-0.4, -0.2) is 20.3 Å². The van der Waals surface area contributed by atoms with E-state index in [2.05, 4.69) is 0 Å². The summed E-state index contributed by atoms with van der Waals surface area (Å²) in [5, 5.41) is 8.97. The van der Waals surface area contributed by atoms with Crippen molar-refractivity contribution in [3.63, 3.8) is 0 Å². The van der Waals surface area contributed by atoms with Gasteiger partial charge in [0.05, 0.1) is 12.6 Å². The highest BCUT2D eigenvalue weighted by molar-refractivity contribution is 4.80. The Balaban J connectivity index is 2.88. The van der Waals surface area contributed by atoms with Gasteiger partial charge < -0.3 is 9.67 Å². The van der Waals surface area contributed by atoms with Crippen molar-refractivity contribution in [1.29, 1.82) is 0 Å². The molecule has 1 N–H and O–H groups in total. The van der Waals surface area contributed by atoms with E-state index >= 15 is 0 Å². The maximum atomic E-state index is 11.1. The first-order valence-corrected chi connectivity index (χ1v) is 3.51. The molecule has 4 nitrogen and oxygen atoms in total. The van der Waals surface area contributed by atoms with Crippen LogP contribution in [-0.2, 0) is 13.6 Å². The Morgan fingerprint density at radius 2 is 2.27 bits per heavy atom. The van der Waals surface area contributed by atoms with Gasteiger partial charge in [0.1, 0.15) is 0 Å². The van der Waals surface area contributed by atoms with Crippen LogP contribution in [0.2, 0.25) is 0 Å². The van der Waals surface area contributed by atoms with Crippen LogP contribution in [0.1, 0.15) is 6.92 Å². The van der Waals surface area contributed by atoms with Gasteiger partial charge >= 0.3 is 5.69 Å². The smallest absolute Gasteiger partial charge is 0.327 e. The third-order valence-electron chi connectivity index (χ3n) is 1.48. The number of hydrogen-bond donors (Lipinski definition) is 1. The second-order valence-corrected chi connectivity index (χ2v) is 2.69. The first kappa shape index (κ1) is 8.07. The first-order chi connectivity index (χ1) is 5.11. The minimum atomic E-state index is -0.477. The molecule has 0 aromatic carbocycles. The number of imidazole rings is 1. The number of aliphatic hydroxyl groups excluding tert-OH is 1. The summed E-state index contributed by atoms with van der Waals surface area (Å²) in [4.78, 5) is 11.1. The molecule has 1 aromatic heterocycles. The second-order valence-electron chi connectivity index (χ2n) is 2.69. The number of rotatable bonds is 2. The Morgan fingerprint density at radius 3 is 2.64 bits per heavy atom. The summed E-state index contributed by atoms with van der Waals surface area (Å²) in [5.74, 6) is 0. The SMILES string of the molecule is C[C@H](O)Cn1ccn(C)c1=O. The molecule has 0 bridgehead atoms. The Labute approximate surface area is 64.7 Å². The molecular weight excluding hydrogens is 144 g/mol. The van der Waals surface area contributed by atoms with Gasteiger partial charge in [0.2, 0.25) is 0 Å². The van der Waals surface area contributed by atoms with E-state index < -0.39 is 6.10 Å². The minimum absolute atomic E-state index is 0.0918. The predicted octanol–water partition coefficient (Wildman–Crippen LogP) is -0.432. The van der Waals surface area contributed by atoms with Gasteiger partial charge in [-0.15, -0.1) is 0 Å². The molecule has 0 aliphatic carbocycles. The standard InChI is InChI=1S/C7H12N2O2/c1-6(10)5-9-4-3-8(2)7(9)11/h3-4,6,10H,5H2,1-2H3/t6-/m0/s1. The lowest BCUT2D eigenvalue weighted by atomic mass is 10.4. The van der Waals surface area contributed by atoms with Gasteiger partial charge in [0.15, 0.2) is 0 Å². The summed E-state index contributed by atoms with van der Waals surface area (Å²) < 4.78 is 2.95. The van der Waals surface area contributed by atoms with Crippen molar-refractivity contribution in [1.82, 2.24) is 9.13 Å². The number of aliphatic hydroxyl groups is 1. The number of nitrogens with zero attached hydrogens (tertiary/aromatic N) is 2. The lowest BCUT2D eigenvalue weighted by Crippen LogP contribution is -2.25.